The van der Waals surface area contributed by atoms with E-state index in [0.29, 0.717) is 6.61 Å². The van der Waals surface area contributed by atoms with Crippen molar-refractivity contribution < 1.29 is 14.2 Å². The fraction of sp³-hybridized carbons (Fsp3) is 0.333. The summed E-state index contributed by atoms with van der Waals surface area (Å²) in [5, 5.41) is 0. The lowest BCUT2D eigenvalue weighted by molar-refractivity contribution is -0.183. The Balaban J connectivity index is 1.43. The summed E-state index contributed by atoms with van der Waals surface area (Å²) in [6.45, 7) is 2.22. The van der Waals surface area contributed by atoms with E-state index in [-0.39, 0.29) is 6.29 Å². The van der Waals surface area contributed by atoms with E-state index < -0.39 is 0 Å². The maximum Gasteiger partial charge on any atom is 0.183 e. The van der Waals surface area contributed by atoms with Crippen LogP contribution >= 0.6 is 11.8 Å². The van der Waals surface area contributed by atoms with Gasteiger partial charge < -0.3 is 14.2 Å². The molecule has 0 aromatic heterocycles. The van der Waals surface area contributed by atoms with E-state index in [0.717, 1.165) is 36.7 Å². The van der Waals surface area contributed by atoms with E-state index in [4.69, 9.17) is 14.2 Å². The molecule has 0 amide bonds. The van der Waals surface area contributed by atoms with E-state index in [2.05, 4.69) is 24.3 Å². The highest BCUT2D eigenvalue weighted by molar-refractivity contribution is 7.99. The van der Waals surface area contributed by atoms with Gasteiger partial charge in [-0.3, -0.25) is 0 Å². The van der Waals surface area contributed by atoms with E-state index in [1.54, 1.807) is 11.8 Å². The van der Waals surface area contributed by atoms with Crippen molar-refractivity contribution in [2.24, 2.45) is 0 Å². The van der Waals surface area contributed by atoms with E-state index in [1.165, 1.54) is 4.90 Å². The van der Waals surface area contributed by atoms with Gasteiger partial charge in [0.2, 0.25) is 0 Å². The highest BCUT2D eigenvalue weighted by atomic mass is 32.2. The normalized spacial score (nSPS) is 15.6. The summed E-state index contributed by atoms with van der Waals surface area (Å²) in [6, 6.07) is 18.3. The van der Waals surface area contributed by atoms with Gasteiger partial charge in [0.1, 0.15) is 5.75 Å². The Morgan fingerprint density at radius 3 is 2.41 bits per heavy atom. The molecule has 0 N–H and O–H groups in total. The molecule has 0 saturated carbocycles. The van der Waals surface area contributed by atoms with E-state index in [1.807, 2.05) is 30.3 Å². The van der Waals surface area contributed by atoms with Gasteiger partial charge in [0.05, 0.1) is 19.8 Å². The third-order valence-corrected chi connectivity index (χ3v) is 4.32. The molecule has 3 nitrogen and oxygen atoms in total. The predicted molar refractivity (Wildman–Crippen MR) is 88.4 cm³/mol. The first kappa shape index (κ1) is 15.4. The zero-order chi connectivity index (χ0) is 15.0. The minimum Gasteiger partial charge on any atom is -0.493 e. The van der Waals surface area contributed by atoms with Crippen LogP contribution in [0.1, 0.15) is 18.3 Å². The molecule has 0 aliphatic carbocycles. The average molecular weight is 316 g/mol. The predicted octanol–water partition coefficient (Wildman–Crippen LogP) is 4.29. The molecule has 1 aliphatic rings. The van der Waals surface area contributed by atoms with Gasteiger partial charge in [0.15, 0.2) is 6.29 Å². The fourth-order valence-electron chi connectivity index (χ4n) is 2.24. The summed E-state index contributed by atoms with van der Waals surface area (Å²) in [7, 11) is 0. The second-order valence-corrected chi connectivity index (χ2v) is 6.17. The standard InChI is InChI=1S/C18H20O3S/c1-2-5-17(6-3-1)22-14-13-19-16-9-7-15(8-10-16)18-20-11-4-12-21-18/h1-3,5-10,18H,4,11-14H2. The molecule has 1 fully saturated rings. The van der Waals surface area contributed by atoms with Gasteiger partial charge in [-0.25, -0.2) is 0 Å². The Hall–Kier alpha value is -1.49. The van der Waals surface area contributed by atoms with Gasteiger partial charge in [-0.05, 0) is 30.7 Å². The van der Waals surface area contributed by atoms with Crippen molar-refractivity contribution in [3.05, 3.63) is 60.2 Å². The highest BCUT2D eigenvalue weighted by Gasteiger charge is 2.16. The molecule has 1 heterocycles. The number of rotatable bonds is 6. The molecule has 116 valence electrons. The van der Waals surface area contributed by atoms with Gasteiger partial charge in [-0.2, -0.15) is 0 Å². The minimum absolute atomic E-state index is 0.226. The van der Waals surface area contributed by atoms with Crippen molar-refractivity contribution in [3.63, 3.8) is 0 Å². The summed E-state index contributed by atoms with van der Waals surface area (Å²) < 4.78 is 16.9. The van der Waals surface area contributed by atoms with Crippen LogP contribution in [0, 0.1) is 0 Å². The zero-order valence-corrected chi connectivity index (χ0v) is 13.3. The van der Waals surface area contributed by atoms with Gasteiger partial charge in [0.25, 0.3) is 0 Å². The smallest absolute Gasteiger partial charge is 0.183 e. The summed E-state index contributed by atoms with van der Waals surface area (Å²) in [5.41, 5.74) is 1.05. The first-order chi connectivity index (χ1) is 10.9. The average Bonchev–Trinajstić information content (AvgIpc) is 2.61. The van der Waals surface area contributed by atoms with Crippen LogP contribution in [0.4, 0.5) is 0 Å². The molecule has 0 atom stereocenters. The first-order valence-corrected chi connectivity index (χ1v) is 8.54. The first-order valence-electron chi connectivity index (χ1n) is 7.56. The molecule has 0 spiro atoms. The lowest BCUT2D eigenvalue weighted by Gasteiger charge is -2.23. The quantitative estimate of drug-likeness (QED) is 0.587. The largest absolute Gasteiger partial charge is 0.493 e. The Labute approximate surface area is 135 Å². The lowest BCUT2D eigenvalue weighted by Crippen LogP contribution is -2.17. The molecule has 22 heavy (non-hydrogen) atoms. The molecule has 2 aromatic rings. The Kier molecular flexibility index (Phi) is 5.76. The molecule has 1 aliphatic heterocycles. The topological polar surface area (TPSA) is 27.7 Å². The second-order valence-electron chi connectivity index (χ2n) is 5.01. The van der Waals surface area contributed by atoms with Gasteiger partial charge in [-0.1, -0.05) is 30.3 Å². The maximum atomic E-state index is 5.77. The van der Waals surface area contributed by atoms with Crippen molar-refractivity contribution in [2.45, 2.75) is 17.6 Å². The van der Waals surface area contributed by atoms with Crippen LogP contribution in [0.2, 0.25) is 0 Å². The number of benzene rings is 2. The van der Waals surface area contributed by atoms with Crippen molar-refractivity contribution in [1.82, 2.24) is 0 Å². The van der Waals surface area contributed by atoms with Crippen molar-refractivity contribution in [2.75, 3.05) is 25.6 Å². The summed E-state index contributed by atoms with van der Waals surface area (Å²) in [5.74, 6) is 1.81. The SMILES string of the molecule is c1ccc(SCCOc2ccc(C3OCCCO3)cc2)cc1. The number of hydrogen-bond donors (Lipinski definition) is 0. The fourth-order valence-corrected chi connectivity index (χ4v) is 2.99. The van der Waals surface area contributed by atoms with Crippen LogP contribution < -0.4 is 4.74 Å². The lowest BCUT2D eigenvalue weighted by atomic mass is 10.2. The van der Waals surface area contributed by atoms with Gasteiger partial charge in [-0.15, -0.1) is 11.8 Å². The van der Waals surface area contributed by atoms with E-state index >= 15 is 0 Å². The molecule has 3 rings (SSSR count). The molecule has 0 bridgehead atoms. The number of hydrogen-bond acceptors (Lipinski definition) is 4. The molecular weight excluding hydrogens is 296 g/mol. The summed E-state index contributed by atoms with van der Waals surface area (Å²) >= 11 is 1.80. The highest BCUT2D eigenvalue weighted by Crippen LogP contribution is 2.25. The molecule has 4 heteroatoms. The van der Waals surface area contributed by atoms with Crippen LogP contribution in [-0.4, -0.2) is 25.6 Å². The maximum absolute atomic E-state index is 5.77. The second kappa shape index (κ2) is 8.22. The Bertz CT molecular complexity index is 550. The Morgan fingerprint density at radius 2 is 1.68 bits per heavy atom. The Morgan fingerprint density at radius 1 is 0.955 bits per heavy atom. The molecule has 2 aromatic carbocycles. The van der Waals surface area contributed by atoms with Gasteiger partial charge >= 0.3 is 0 Å². The van der Waals surface area contributed by atoms with Crippen molar-refractivity contribution in [1.29, 1.82) is 0 Å². The van der Waals surface area contributed by atoms with Gasteiger partial charge in [0, 0.05) is 16.2 Å². The van der Waals surface area contributed by atoms with Crippen molar-refractivity contribution >= 4 is 11.8 Å². The molecule has 1 saturated heterocycles. The third kappa shape index (κ3) is 4.50. The van der Waals surface area contributed by atoms with Crippen LogP contribution in [0.25, 0.3) is 0 Å². The van der Waals surface area contributed by atoms with Crippen LogP contribution in [0.5, 0.6) is 5.75 Å². The number of ether oxygens (including phenoxy) is 3. The molecule has 0 unspecified atom stereocenters. The summed E-state index contributed by atoms with van der Waals surface area (Å²) in [6.07, 6.45) is 0.744. The summed E-state index contributed by atoms with van der Waals surface area (Å²) in [4.78, 5) is 1.27. The molecule has 0 radical (unpaired) electrons. The molecular formula is C18H20O3S. The minimum atomic E-state index is -0.226. The zero-order valence-electron chi connectivity index (χ0n) is 12.4. The van der Waals surface area contributed by atoms with Crippen LogP contribution in [-0.2, 0) is 9.47 Å². The van der Waals surface area contributed by atoms with E-state index in [9.17, 15) is 0 Å². The van der Waals surface area contributed by atoms with Crippen LogP contribution in [0.15, 0.2) is 59.5 Å². The van der Waals surface area contributed by atoms with Crippen LogP contribution in [0.3, 0.4) is 0 Å². The monoisotopic (exact) mass is 316 g/mol. The van der Waals surface area contributed by atoms with Crippen molar-refractivity contribution in [3.8, 4) is 5.75 Å². The number of thioether (sulfide) groups is 1. The third-order valence-electron chi connectivity index (χ3n) is 3.34.